The van der Waals surface area contributed by atoms with Crippen molar-refractivity contribution in [3.8, 4) is 0 Å². The zero-order valence-electron chi connectivity index (χ0n) is 9.46. The fourth-order valence-corrected chi connectivity index (χ4v) is 2.43. The molecule has 0 spiro atoms. The van der Waals surface area contributed by atoms with Gasteiger partial charge in [-0.25, -0.2) is 4.79 Å². The third kappa shape index (κ3) is 2.62. The van der Waals surface area contributed by atoms with Crippen molar-refractivity contribution < 1.29 is 4.79 Å². The van der Waals surface area contributed by atoms with E-state index in [4.69, 9.17) is 0 Å². The monoisotopic (exact) mass is 211 g/mol. The molecule has 0 bridgehead atoms. The van der Waals surface area contributed by atoms with E-state index in [1.54, 1.807) is 0 Å². The molecule has 0 aliphatic carbocycles. The Balaban J connectivity index is 1.81. The van der Waals surface area contributed by atoms with Gasteiger partial charge in [0.1, 0.15) is 0 Å². The summed E-state index contributed by atoms with van der Waals surface area (Å²) in [7, 11) is 0. The minimum atomic E-state index is 0.139. The highest BCUT2D eigenvalue weighted by Crippen LogP contribution is 2.16. The zero-order valence-corrected chi connectivity index (χ0v) is 9.46. The van der Waals surface area contributed by atoms with Crippen LogP contribution in [-0.2, 0) is 0 Å². The van der Waals surface area contributed by atoms with Gasteiger partial charge in [-0.1, -0.05) is 6.92 Å². The summed E-state index contributed by atoms with van der Waals surface area (Å²) in [6.45, 7) is 6.19. The second kappa shape index (κ2) is 4.84. The zero-order chi connectivity index (χ0) is 10.7. The molecule has 2 heterocycles. The van der Waals surface area contributed by atoms with Crippen molar-refractivity contribution in [3.05, 3.63) is 0 Å². The molecule has 2 aliphatic heterocycles. The topological polar surface area (TPSA) is 44.4 Å². The number of rotatable bonds is 3. The molecular weight excluding hydrogens is 190 g/mol. The maximum absolute atomic E-state index is 11.6. The van der Waals surface area contributed by atoms with Crippen molar-refractivity contribution in [2.75, 3.05) is 26.2 Å². The van der Waals surface area contributed by atoms with Gasteiger partial charge in [0, 0.05) is 19.1 Å². The lowest BCUT2D eigenvalue weighted by Crippen LogP contribution is -2.37. The standard InChI is InChI=1S/C11H21N3O/c1-2-10-8-14(11(15)13-10)7-9-3-5-12-6-4-9/h9-10,12H,2-8H2,1H3,(H,13,15). The van der Waals surface area contributed by atoms with Gasteiger partial charge in [0.15, 0.2) is 0 Å². The second-order valence-corrected chi connectivity index (χ2v) is 4.65. The summed E-state index contributed by atoms with van der Waals surface area (Å²) < 4.78 is 0. The third-order valence-corrected chi connectivity index (χ3v) is 3.49. The fourth-order valence-electron chi connectivity index (χ4n) is 2.43. The summed E-state index contributed by atoms with van der Waals surface area (Å²) in [5.41, 5.74) is 0. The fraction of sp³-hybridized carbons (Fsp3) is 0.909. The van der Waals surface area contributed by atoms with Gasteiger partial charge in [-0.15, -0.1) is 0 Å². The average Bonchev–Trinajstić information content (AvgIpc) is 2.61. The first kappa shape index (κ1) is 10.7. The number of urea groups is 1. The number of carbonyl (C=O) groups is 1. The van der Waals surface area contributed by atoms with Crippen molar-refractivity contribution in [1.29, 1.82) is 0 Å². The van der Waals surface area contributed by atoms with Crippen molar-refractivity contribution >= 4 is 6.03 Å². The van der Waals surface area contributed by atoms with Gasteiger partial charge in [-0.2, -0.15) is 0 Å². The summed E-state index contributed by atoms with van der Waals surface area (Å²) in [5.74, 6) is 0.701. The van der Waals surface area contributed by atoms with Gasteiger partial charge >= 0.3 is 6.03 Å². The Kier molecular flexibility index (Phi) is 3.46. The van der Waals surface area contributed by atoms with Gasteiger partial charge in [0.2, 0.25) is 0 Å². The van der Waals surface area contributed by atoms with Crippen LogP contribution >= 0.6 is 0 Å². The minimum Gasteiger partial charge on any atom is -0.333 e. The summed E-state index contributed by atoms with van der Waals surface area (Å²) in [4.78, 5) is 13.6. The van der Waals surface area contributed by atoms with E-state index >= 15 is 0 Å². The van der Waals surface area contributed by atoms with Crippen LogP contribution in [0.4, 0.5) is 4.79 Å². The van der Waals surface area contributed by atoms with Crippen LogP contribution in [0.3, 0.4) is 0 Å². The van der Waals surface area contributed by atoms with Crippen LogP contribution in [-0.4, -0.2) is 43.2 Å². The van der Waals surface area contributed by atoms with E-state index in [9.17, 15) is 4.79 Å². The first-order valence-corrected chi connectivity index (χ1v) is 6.05. The van der Waals surface area contributed by atoms with E-state index < -0.39 is 0 Å². The molecule has 86 valence electrons. The predicted molar refractivity (Wildman–Crippen MR) is 59.8 cm³/mol. The van der Waals surface area contributed by atoms with Crippen LogP contribution in [0, 0.1) is 5.92 Å². The van der Waals surface area contributed by atoms with Gasteiger partial charge in [0.05, 0.1) is 0 Å². The first-order chi connectivity index (χ1) is 7.29. The van der Waals surface area contributed by atoms with Crippen LogP contribution in [0.15, 0.2) is 0 Å². The summed E-state index contributed by atoms with van der Waals surface area (Å²) >= 11 is 0. The van der Waals surface area contributed by atoms with Gasteiger partial charge in [0.25, 0.3) is 0 Å². The number of amides is 2. The second-order valence-electron chi connectivity index (χ2n) is 4.65. The molecule has 2 saturated heterocycles. The Hall–Kier alpha value is -0.770. The molecule has 0 aromatic rings. The molecule has 0 radical (unpaired) electrons. The maximum Gasteiger partial charge on any atom is 0.317 e. The smallest absolute Gasteiger partial charge is 0.317 e. The summed E-state index contributed by atoms with van der Waals surface area (Å²) in [5, 5.41) is 6.37. The highest BCUT2D eigenvalue weighted by Gasteiger charge is 2.29. The molecule has 4 heteroatoms. The number of piperidine rings is 1. The number of nitrogens with one attached hydrogen (secondary N) is 2. The number of nitrogens with zero attached hydrogens (tertiary/aromatic N) is 1. The molecule has 1 unspecified atom stereocenters. The molecular formula is C11H21N3O. The maximum atomic E-state index is 11.6. The van der Waals surface area contributed by atoms with E-state index in [2.05, 4.69) is 17.6 Å². The van der Waals surface area contributed by atoms with E-state index in [1.807, 2.05) is 4.90 Å². The molecule has 2 amide bonds. The predicted octanol–water partition coefficient (Wildman–Crippen LogP) is 0.790. The van der Waals surface area contributed by atoms with Crippen LogP contribution in [0.5, 0.6) is 0 Å². The molecule has 0 aromatic heterocycles. The van der Waals surface area contributed by atoms with Crippen LogP contribution in [0.1, 0.15) is 26.2 Å². The Labute approximate surface area is 91.4 Å². The van der Waals surface area contributed by atoms with E-state index in [1.165, 1.54) is 12.8 Å². The third-order valence-electron chi connectivity index (χ3n) is 3.49. The van der Waals surface area contributed by atoms with Crippen molar-refractivity contribution in [3.63, 3.8) is 0 Å². The van der Waals surface area contributed by atoms with Crippen LogP contribution < -0.4 is 10.6 Å². The van der Waals surface area contributed by atoms with E-state index in [0.29, 0.717) is 12.0 Å². The Bertz CT molecular complexity index is 226. The van der Waals surface area contributed by atoms with Crippen molar-refractivity contribution in [2.24, 2.45) is 5.92 Å². The normalized spacial score (nSPS) is 28.2. The summed E-state index contributed by atoms with van der Waals surface area (Å²) in [6, 6.07) is 0.514. The first-order valence-electron chi connectivity index (χ1n) is 6.05. The molecule has 1 atom stereocenters. The largest absolute Gasteiger partial charge is 0.333 e. The lowest BCUT2D eigenvalue weighted by Gasteiger charge is -2.26. The van der Waals surface area contributed by atoms with Crippen LogP contribution in [0.2, 0.25) is 0 Å². The molecule has 4 nitrogen and oxygen atoms in total. The Morgan fingerprint density at radius 2 is 2.13 bits per heavy atom. The molecule has 2 N–H and O–H groups in total. The minimum absolute atomic E-state index is 0.139. The Morgan fingerprint density at radius 1 is 1.40 bits per heavy atom. The van der Waals surface area contributed by atoms with Gasteiger partial charge in [-0.05, 0) is 38.3 Å². The van der Waals surface area contributed by atoms with E-state index in [-0.39, 0.29) is 6.03 Å². The highest BCUT2D eigenvalue weighted by atomic mass is 16.2. The van der Waals surface area contributed by atoms with Gasteiger partial charge in [-0.3, -0.25) is 0 Å². The molecule has 2 rings (SSSR count). The molecule has 15 heavy (non-hydrogen) atoms. The number of hydrogen-bond acceptors (Lipinski definition) is 2. The summed E-state index contributed by atoms with van der Waals surface area (Å²) in [6.07, 6.45) is 3.45. The molecule has 0 aromatic carbocycles. The van der Waals surface area contributed by atoms with Crippen molar-refractivity contribution in [2.45, 2.75) is 32.2 Å². The van der Waals surface area contributed by atoms with Crippen LogP contribution in [0.25, 0.3) is 0 Å². The number of carbonyl (C=O) groups excluding carboxylic acids is 1. The molecule has 0 saturated carbocycles. The SMILES string of the molecule is CCC1CN(CC2CCNCC2)C(=O)N1. The lowest BCUT2D eigenvalue weighted by molar-refractivity contribution is 0.201. The average molecular weight is 211 g/mol. The molecule has 2 fully saturated rings. The molecule has 2 aliphatic rings. The lowest BCUT2D eigenvalue weighted by atomic mass is 9.97. The quantitative estimate of drug-likeness (QED) is 0.725. The number of hydrogen-bond donors (Lipinski definition) is 2. The van der Waals surface area contributed by atoms with Crippen molar-refractivity contribution in [1.82, 2.24) is 15.5 Å². The Morgan fingerprint density at radius 3 is 2.73 bits per heavy atom. The van der Waals surface area contributed by atoms with Gasteiger partial charge < -0.3 is 15.5 Å². The highest BCUT2D eigenvalue weighted by molar-refractivity contribution is 5.76. The van der Waals surface area contributed by atoms with E-state index in [0.717, 1.165) is 32.6 Å².